The van der Waals surface area contributed by atoms with Crippen LogP contribution < -0.4 is 0 Å². The molecule has 0 amide bonds. The first-order chi connectivity index (χ1) is 2.56. The molecule has 0 unspecified atom stereocenters. The number of hydrogen-bond acceptors (Lipinski definition) is 1. The molecule has 1 radical (unpaired) electrons. The second-order valence-electron chi connectivity index (χ2n) is 2.20. The maximum absolute atomic E-state index is 9.51. The summed E-state index contributed by atoms with van der Waals surface area (Å²) in [5.74, 6) is 0. The van der Waals surface area contributed by atoms with Crippen molar-refractivity contribution >= 4 is 8.32 Å². The molecular weight excluding hydrogens is 96.1 g/mol. The first-order valence-electron chi connectivity index (χ1n) is 1.87. The average molecular weight is 105 g/mol. The molecule has 3 heteroatoms. The van der Waals surface area contributed by atoms with Crippen molar-refractivity contribution in [1.82, 2.24) is 0 Å². The van der Waals surface area contributed by atoms with E-state index < -0.39 is 8.32 Å². The number of rotatable bonds is 1. The van der Waals surface area contributed by atoms with Crippen molar-refractivity contribution in [2.24, 2.45) is 0 Å². The lowest BCUT2D eigenvalue weighted by atomic mass is 11.8. The Labute approximate surface area is 38.8 Å². The molecule has 0 spiro atoms. The van der Waals surface area contributed by atoms with Crippen LogP contribution >= 0.6 is 0 Å². The highest BCUT2D eigenvalue weighted by molar-refractivity contribution is 6.69. The summed E-state index contributed by atoms with van der Waals surface area (Å²) in [6, 6.07) is 0. The highest BCUT2D eigenvalue weighted by Gasteiger charge is 2.13. The molecule has 0 aliphatic rings. The Balaban J connectivity index is 3.17. The van der Waals surface area contributed by atoms with E-state index >= 15 is 0 Å². The molecule has 37 valence electrons. The summed E-state index contributed by atoms with van der Waals surface area (Å²) in [5, 5.41) is 9.51. The minimum Gasteiger partial charge on any atom is -0.255 e. The van der Waals surface area contributed by atoms with Crippen molar-refractivity contribution in [2.45, 2.75) is 19.6 Å². The van der Waals surface area contributed by atoms with E-state index in [4.69, 9.17) is 0 Å². The van der Waals surface area contributed by atoms with Crippen LogP contribution in [0.25, 0.3) is 0 Å². The molecule has 0 heterocycles. The monoisotopic (exact) mass is 105 g/mol. The lowest BCUT2D eigenvalue weighted by Gasteiger charge is -2.04. The zero-order valence-electron chi connectivity index (χ0n) is 4.32. The van der Waals surface area contributed by atoms with Crippen LogP contribution in [-0.4, -0.2) is 8.32 Å². The van der Waals surface area contributed by atoms with Gasteiger partial charge in [0.05, 0.1) is 0 Å². The zero-order valence-corrected chi connectivity index (χ0v) is 5.32. The lowest BCUT2D eigenvalue weighted by Crippen LogP contribution is -2.21. The average Bonchev–Trinajstić information content (AvgIpc) is 1.35. The molecule has 0 aromatic heterocycles. The van der Waals surface area contributed by atoms with Gasteiger partial charge in [0, 0.05) is 0 Å². The molecule has 0 aliphatic carbocycles. The third-order valence-electron chi connectivity index (χ3n) is 0.250. The molecule has 2 nitrogen and oxygen atoms in total. The first kappa shape index (κ1) is 6.14. The fourth-order valence-electron chi connectivity index (χ4n) is 0. The van der Waals surface area contributed by atoms with Crippen molar-refractivity contribution < 1.29 is 9.83 Å². The smallest absolute Gasteiger partial charge is 0.234 e. The van der Waals surface area contributed by atoms with E-state index in [1.807, 2.05) is 19.6 Å². The predicted molar refractivity (Wildman–Crippen MR) is 25.1 cm³/mol. The van der Waals surface area contributed by atoms with Crippen LogP contribution in [0.5, 0.6) is 0 Å². The summed E-state index contributed by atoms with van der Waals surface area (Å²) < 4.78 is 3.83. The van der Waals surface area contributed by atoms with E-state index in [9.17, 15) is 5.26 Å². The molecule has 0 fully saturated rings. The minimum atomic E-state index is -1.69. The van der Waals surface area contributed by atoms with Gasteiger partial charge < -0.3 is 0 Å². The Bertz CT molecular complexity index is 38.5. The Morgan fingerprint density at radius 1 is 1.33 bits per heavy atom. The van der Waals surface area contributed by atoms with Crippen molar-refractivity contribution in [3.05, 3.63) is 0 Å². The van der Waals surface area contributed by atoms with Gasteiger partial charge in [-0.15, -0.1) is 0 Å². The van der Waals surface area contributed by atoms with Crippen LogP contribution in [0, 0.1) is 0 Å². The Kier molecular flexibility index (Phi) is 1.77. The second-order valence-corrected chi connectivity index (χ2v) is 6.59. The molecule has 6 heavy (non-hydrogen) atoms. The van der Waals surface area contributed by atoms with Crippen molar-refractivity contribution in [3.63, 3.8) is 0 Å². The number of hydrogen-bond donors (Lipinski definition) is 0. The van der Waals surface area contributed by atoms with Crippen molar-refractivity contribution in [3.8, 4) is 0 Å². The molecule has 0 saturated heterocycles. The second kappa shape index (κ2) is 1.73. The molecule has 0 rings (SSSR count). The van der Waals surface area contributed by atoms with E-state index in [-0.39, 0.29) is 0 Å². The maximum Gasteiger partial charge on any atom is 0.234 e. The minimum absolute atomic E-state index is 1.69. The summed E-state index contributed by atoms with van der Waals surface area (Å²) >= 11 is 0. The summed E-state index contributed by atoms with van der Waals surface area (Å²) in [6.45, 7) is 5.54. The topological polar surface area (TPSA) is 29.1 Å². The molecular formula is C3H9O2Si. The SMILES string of the molecule is C[Si](C)(C)O[O]. The van der Waals surface area contributed by atoms with E-state index in [1.54, 1.807) is 0 Å². The van der Waals surface area contributed by atoms with Gasteiger partial charge in [0.2, 0.25) is 8.32 Å². The van der Waals surface area contributed by atoms with Gasteiger partial charge in [-0.1, -0.05) is 0 Å². The summed E-state index contributed by atoms with van der Waals surface area (Å²) in [7, 11) is -1.69. The van der Waals surface area contributed by atoms with Gasteiger partial charge in [-0.3, -0.25) is 4.58 Å². The molecule has 0 bridgehead atoms. The Morgan fingerprint density at radius 3 is 1.50 bits per heavy atom. The van der Waals surface area contributed by atoms with Crippen LogP contribution in [0.2, 0.25) is 19.6 Å². The molecule has 0 saturated carbocycles. The lowest BCUT2D eigenvalue weighted by molar-refractivity contribution is -0.220. The van der Waals surface area contributed by atoms with Gasteiger partial charge in [0.25, 0.3) is 0 Å². The highest BCUT2D eigenvalue weighted by Crippen LogP contribution is 1.97. The van der Waals surface area contributed by atoms with Gasteiger partial charge in [0.15, 0.2) is 0 Å². The molecule has 0 aromatic rings. The largest absolute Gasteiger partial charge is 0.255 e. The Morgan fingerprint density at radius 2 is 1.50 bits per heavy atom. The van der Waals surface area contributed by atoms with Gasteiger partial charge in [-0.05, 0) is 24.9 Å². The molecule has 0 aliphatic heterocycles. The van der Waals surface area contributed by atoms with E-state index in [0.717, 1.165) is 0 Å². The zero-order chi connectivity index (χ0) is 5.21. The highest BCUT2D eigenvalue weighted by atomic mass is 28.4. The first-order valence-corrected chi connectivity index (χ1v) is 5.28. The van der Waals surface area contributed by atoms with Crippen molar-refractivity contribution in [1.29, 1.82) is 0 Å². The van der Waals surface area contributed by atoms with E-state index in [1.165, 1.54) is 0 Å². The van der Waals surface area contributed by atoms with Crippen LogP contribution in [0.4, 0.5) is 0 Å². The molecule has 0 aromatic carbocycles. The predicted octanol–water partition coefficient (Wildman–Crippen LogP) is 1.18. The van der Waals surface area contributed by atoms with Crippen LogP contribution in [-0.2, 0) is 9.83 Å². The normalized spacial score (nSPS) is 12.0. The third kappa shape index (κ3) is 4.14. The van der Waals surface area contributed by atoms with Gasteiger partial charge in [0.1, 0.15) is 0 Å². The molecule has 0 N–H and O–H groups in total. The summed E-state index contributed by atoms with van der Waals surface area (Å²) in [6.07, 6.45) is 0. The van der Waals surface area contributed by atoms with Crippen molar-refractivity contribution in [2.75, 3.05) is 0 Å². The van der Waals surface area contributed by atoms with Gasteiger partial charge >= 0.3 is 0 Å². The van der Waals surface area contributed by atoms with E-state index in [2.05, 4.69) is 4.58 Å². The third-order valence-corrected chi connectivity index (χ3v) is 0.750. The van der Waals surface area contributed by atoms with Gasteiger partial charge in [-0.2, -0.15) is 0 Å². The molecule has 0 atom stereocenters. The van der Waals surface area contributed by atoms with Gasteiger partial charge in [-0.25, -0.2) is 0 Å². The van der Waals surface area contributed by atoms with E-state index in [0.29, 0.717) is 0 Å². The van der Waals surface area contributed by atoms with Crippen LogP contribution in [0.15, 0.2) is 0 Å². The van der Waals surface area contributed by atoms with Crippen LogP contribution in [0.1, 0.15) is 0 Å². The maximum atomic E-state index is 9.51. The fourth-order valence-corrected chi connectivity index (χ4v) is 0. The quantitative estimate of drug-likeness (QED) is 0.280. The summed E-state index contributed by atoms with van der Waals surface area (Å²) in [4.78, 5) is 0. The fraction of sp³-hybridized carbons (Fsp3) is 1.00. The van der Waals surface area contributed by atoms with Crippen LogP contribution in [0.3, 0.4) is 0 Å². The summed E-state index contributed by atoms with van der Waals surface area (Å²) in [5.41, 5.74) is 0. The standard InChI is InChI=1S/C3H9O2Si/c1-6(2,3)5-4/h1-3H3. The Hall–Kier alpha value is 0.137.